The fraction of sp³-hybridized carbons (Fsp3) is 0.455. The van der Waals surface area contributed by atoms with Crippen LogP contribution >= 0.6 is 12.6 Å². The Balaban J connectivity index is -0.000000461. The Hall–Kier alpha value is -1.99. The zero-order valence-electron chi connectivity index (χ0n) is 23.2. The molecule has 0 saturated heterocycles. The summed E-state index contributed by atoms with van der Waals surface area (Å²) in [6, 6.07) is 15.6. The SMILES string of the molecule is C.C=C.CC.CCC.CCCCc1ccc2c(C)c(C)ccc2c1.Cc1cc(C)c(S)cc1C. The average Bonchev–Trinajstić information content (AvgIpc) is 2.82. The van der Waals surface area contributed by atoms with Crippen molar-refractivity contribution in [3.8, 4) is 0 Å². The summed E-state index contributed by atoms with van der Waals surface area (Å²) in [6.07, 6.45) is 5.01. The molecule has 0 N–H and O–H groups in total. The van der Waals surface area contributed by atoms with E-state index in [1.807, 2.05) is 13.8 Å². The van der Waals surface area contributed by atoms with Gasteiger partial charge in [-0.3, -0.25) is 0 Å². The number of aryl methyl sites for hydroxylation is 6. The van der Waals surface area contributed by atoms with E-state index in [1.165, 1.54) is 69.8 Å². The highest BCUT2D eigenvalue weighted by molar-refractivity contribution is 7.80. The lowest BCUT2D eigenvalue weighted by atomic mass is 9.98. The van der Waals surface area contributed by atoms with Crippen molar-refractivity contribution in [3.63, 3.8) is 0 Å². The summed E-state index contributed by atoms with van der Waals surface area (Å²) < 4.78 is 0. The van der Waals surface area contributed by atoms with Crippen molar-refractivity contribution in [1.82, 2.24) is 0 Å². The molecule has 0 nitrogen and oxygen atoms in total. The van der Waals surface area contributed by atoms with Gasteiger partial charge >= 0.3 is 0 Å². The maximum Gasteiger partial charge on any atom is 0.00720 e. The van der Waals surface area contributed by atoms with Crippen LogP contribution < -0.4 is 0 Å². The van der Waals surface area contributed by atoms with Gasteiger partial charge in [0.1, 0.15) is 0 Å². The van der Waals surface area contributed by atoms with Gasteiger partial charge in [0, 0.05) is 4.90 Å². The molecule has 3 aromatic rings. The monoisotopic (exact) mass is 482 g/mol. The van der Waals surface area contributed by atoms with Gasteiger partial charge in [0.15, 0.2) is 0 Å². The van der Waals surface area contributed by atoms with Crippen molar-refractivity contribution >= 4 is 23.4 Å². The minimum Gasteiger partial charge on any atom is -0.143 e. The van der Waals surface area contributed by atoms with E-state index < -0.39 is 0 Å². The van der Waals surface area contributed by atoms with Gasteiger partial charge in [-0.15, -0.1) is 25.8 Å². The standard InChI is InChI=1S/C16H20.C9H12S.C3H8.C2H6.C2H4.CH4/c1-4-5-6-14-8-10-16-13(3)12(2)7-9-15(16)11-14;1-6-4-8(3)9(10)5-7(6)2;1-3-2;2*1-2;/h7-11H,4-6H2,1-3H3;4-5,10H,1-3H3;3H2,1-2H3;1-2H3;1-2H2;1H4. The van der Waals surface area contributed by atoms with Crippen LogP contribution in [0.2, 0.25) is 0 Å². The summed E-state index contributed by atoms with van der Waals surface area (Å²) in [5.74, 6) is 0. The summed E-state index contributed by atoms with van der Waals surface area (Å²) >= 11 is 4.31. The van der Waals surface area contributed by atoms with Crippen LogP contribution in [0.25, 0.3) is 10.8 Å². The second kappa shape index (κ2) is 21.5. The van der Waals surface area contributed by atoms with E-state index in [9.17, 15) is 0 Å². The van der Waals surface area contributed by atoms with Crippen LogP contribution in [0, 0.1) is 34.6 Å². The molecule has 0 spiro atoms. The van der Waals surface area contributed by atoms with Crippen LogP contribution in [-0.4, -0.2) is 0 Å². The molecule has 0 unspecified atom stereocenters. The Labute approximate surface area is 219 Å². The number of unbranched alkanes of at least 4 members (excludes halogenated alkanes) is 1. The van der Waals surface area contributed by atoms with Gasteiger partial charge < -0.3 is 0 Å². The second-order valence-electron chi connectivity index (χ2n) is 8.10. The molecule has 0 radical (unpaired) electrons. The lowest BCUT2D eigenvalue weighted by Gasteiger charge is -2.07. The molecule has 0 fully saturated rings. The van der Waals surface area contributed by atoms with E-state index in [0.29, 0.717) is 0 Å². The van der Waals surface area contributed by atoms with E-state index in [4.69, 9.17) is 0 Å². The van der Waals surface area contributed by atoms with Crippen LogP contribution in [0.5, 0.6) is 0 Å². The molecule has 0 saturated carbocycles. The Morgan fingerprint density at radius 2 is 1.24 bits per heavy atom. The number of thiol groups is 1. The summed E-state index contributed by atoms with van der Waals surface area (Å²) in [5.41, 5.74) is 8.18. The zero-order chi connectivity index (χ0) is 26.0. The number of hydrogen-bond donors (Lipinski definition) is 1. The molecule has 1 heteroatoms. The van der Waals surface area contributed by atoms with Gasteiger partial charge in [-0.05, 0) is 97.7 Å². The molecular formula is C33H54S. The third-order valence-electron chi connectivity index (χ3n) is 5.26. The molecule has 0 bridgehead atoms. The molecular weight excluding hydrogens is 428 g/mol. The van der Waals surface area contributed by atoms with Gasteiger partial charge in [-0.1, -0.05) is 91.3 Å². The lowest BCUT2D eigenvalue weighted by molar-refractivity contribution is 0.796. The average molecular weight is 483 g/mol. The van der Waals surface area contributed by atoms with Crippen molar-refractivity contribution in [3.05, 3.63) is 89.0 Å². The van der Waals surface area contributed by atoms with E-state index >= 15 is 0 Å². The topological polar surface area (TPSA) is 0 Å². The third-order valence-corrected chi connectivity index (χ3v) is 5.74. The molecule has 0 atom stereocenters. The minimum absolute atomic E-state index is 0. The van der Waals surface area contributed by atoms with Crippen LogP contribution in [0.15, 0.2) is 60.5 Å². The molecule has 0 amide bonds. The van der Waals surface area contributed by atoms with Crippen LogP contribution in [0.4, 0.5) is 0 Å². The number of rotatable bonds is 3. The van der Waals surface area contributed by atoms with Crippen molar-refractivity contribution in [1.29, 1.82) is 0 Å². The third kappa shape index (κ3) is 13.0. The normalized spacial score (nSPS) is 8.91. The van der Waals surface area contributed by atoms with E-state index in [1.54, 1.807) is 0 Å². The summed E-state index contributed by atoms with van der Waals surface area (Å²) in [4.78, 5) is 1.09. The van der Waals surface area contributed by atoms with E-state index in [0.717, 1.165) is 4.90 Å². The molecule has 0 aliphatic heterocycles. The Morgan fingerprint density at radius 3 is 1.74 bits per heavy atom. The highest BCUT2D eigenvalue weighted by Gasteiger charge is 2.01. The van der Waals surface area contributed by atoms with E-state index in [2.05, 4.69) is 124 Å². The number of benzene rings is 3. The molecule has 192 valence electrons. The maximum absolute atomic E-state index is 4.31. The van der Waals surface area contributed by atoms with Gasteiger partial charge in [0.2, 0.25) is 0 Å². The van der Waals surface area contributed by atoms with Crippen molar-refractivity contribution in [2.75, 3.05) is 0 Å². The van der Waals surface area contributed by atoms with Crippen molar-refractivity contribution in [2.24, 2.45) is 0 Å². The molecule has 3 aromatic carbocycles. The minimum atomic E-state index is 0. The number of hydrogen-bond acceptors (Lipinski definition) is 1. The molecule has 0 aliphatic carbocycles. The fourth-order valence-electron chi connectivity index (χ4n) is 3.13. The van der Waals surface area contributed by atoms with Gasteiger partial charge in [0.05, 0.1) is 0 Å². The van der Waals surface area contributed by atoms with Crippen LogP contribution in [0.1, 0.15) is 94.7 Å². The van der Waals surface area contributed by atoms with Gasteiger partial charge in [-0.2, -0.15) is 0 Å². The van der Waals surface area contributed by atoms with Crippen molar-refractivity contribution in [2.45, 2.75) is 107 Å². The van der Waals surface area contributed by atoms with E-state index in [-0.39, 0.29) is 7.43 Å². The largest absolute Gasteiger partial charge is 0.143 e. The highest BCUT2D eigenvalue weighted by Crippen LogP contribution is 2.23. The molecule has 3 rings (SSSR count). The first kappa shape index (κ1) is 36.6. The molecule has 0 aromatic heterocycles. The van der Waals surface area contributed by atoms with Gasteiger partial charge in [0.25, 0.3) is 0 Å². The summed E-state index contributed by atoms with van der Waals surface area (Å²) in [5, 5.41) is 2.79. The van der Waals surface area contributed by atoms with Gasteiger partial charge in [-0.25, -0.2) is 0 Å². The molecule has 0 aliphatic rings. The second-order valence-corrected chi connectivity index (χ2v) is 8.58. The molecule has 0 heterocycles. The predicted octanol–water partition coefficient (Wildman–Crippen LogP) is 11.6. The smallest absolute Gasteiger partial charge is 0.00720 e. The Kier molecular flexibility index (Phi) is 23.2. The first-order valence-corrected chi connectivity index (χ1v) is 12.9. The summed E-state index contributed by atoms with van der Waals surface area (Å²) in [7, 11) is 0. The number of fused-ring (bicyclic) bond motifs is 1. The Morgan fingerprint density at radius 1 is 0.706 bits per heavy atom. The zero-order valence-corrected chi connectivity index (χ0v) is 24.1. The fourth-order valence-corrected chi connectivity index (χ4v) is 3.38. The first-order valence-electron chi connectivity index (χ1n) is 12.5. The lowest BCUT2D eigenvalue weighted by Crippen LogP contribution is -1.88. The van der Waals surface area contributed by atoms with Crippen molar-refractivity contribution < 1.29 is 0 Å². The first-order chi connectivity index (χ1) is 15.7. The Bertz CT molecular complexity index is 871. The van der Waals surface area contributed by atoms with Crippen LogP contribution in [0.3, 0.4) is 0 Å². The maximum atomic E-state index is 4.31. The molecule has 34 heavy (non-hydrogen) atoms. The summed E-state index contributed by atoms with van der Waals surface area (Å²) in [6.45, 7) is 27.2. The van der Waals surface area contributed by atoms with Crippen LogP contribution in [-0.2, 0) is 6.42 Å². The quantitative estimate of drug-likeness (QED) is 0.278. The highest BCUT2D eigenvalue weighted by atomic mass is 32.1. The predicted molar refractivity (Wildman–Crippen MR) is 165 cm³/mol.